The van der Waals surface area contributed by atoms with Gasteiger partial charge < -0.3 is 9.30 Å². The first-order valence-electron chi connectivity index (χ1n) is 9.36. The van der Waals surface area contributed by atoms with E-state index >= 15 is 0 Å². The summed E-state index contributed by atoms with van der Waals surface area (Å²) in [4.78, 5) is 24.9. The lowest BCUT2D eigenvalue weighted by molar-refractivity contribution is 0.0474. The van der Waals surface area contributed by atoms with Crippen LogP contribution < -0.4 is 0 Å². The van der Waals surface area contributed by atoms with Crippen molar-refractivity contribution in [2.24, 2.45) is 0 Å². The van der Waals surface area contributed by atoms with Crippen LogP contribution in [0.4, 0.5) is 0 Å². The van der Waals surface area contributed by atoms with Gasteiger partial charge in [-0.2, -0.15) is 5.26 Å². The first-order valence-corrected chi connectivity index (χ1v) is 9.36. The van der Waals surface area contributed by atoms with Gasteiger partial charge in [-0.1, -0.05) is 36.4 Å². The molecule has 146 valence electrons. The normalized spacial score (nSPS) is 11.5. The lowest BCUT2D eigenvalue weighted by atomic mass is 10.1. The number of Topliss-reactive ketones (excluding diaryl/α,β-unsaturated/α-hetero) is 1. The first-order chi connectivity index (χ1) is 13.9. The highest BCUT2D eigenvalue weighted by molar-refractivity contribution is 6.00. The number of carbonyl (C=O) groups is 2. The van der Waals surface area contributed by atoms with Gasteiger partial charge in [-0.25, -0.2) is 4.79 Å². The molecule has 3 rings (SSSR count). The maximum atomic E-state index is 12.7. The van der Waals surface area contributed by atoms with Crippen molar-refractivity contribution in [3.8, 4) is 6.07 Å². The largest absolute Gasteiger partial charge is 0.454 e. The van der Waals surface area contributed by atoms with E-state index in [-0.39, 0.29) is 24.0 Å². The average molecular weight is 386 g/mol. The van der Waals surface area contributed by atoms with Crippen LogP contribution in [-0.4, -0.2) is 22.9 Å². The van der Waals surface area contributed by atoms with Crippen molar-refractivity contribution in [2.45, 2.75) is 26.8 Å². The fraction of sp³-hybridized carbons (Fsp3) is 0.208. The number of nitriles is 1. The third-order valence-corrected chi connectivity index (χ3v) is 5.02. The SMILES string of the molecule is Cc1cc(C(=O)COC(=O)c2cccc(C#N)c2)c(C)n1[C@@H](C)c1ccccc1. The minimum absolute atomic E-state index is 0.0778. The molecule has 1 atom stereocenters. The summed E-state index contributed by atoms with van der Waals surface area (Å²) in [5.41, 5.74) is 4.12. The van der Waals surface area contributed by atoms with E-state index in [2.05, 4.69) is 23.6 Å². The molecular formula is C24H22N2O3. The summed E-state index contributed by atoms with van der Waals surface area (Å²) < 4.78 is 7.30. The quantitative estimate of drug-likeness (QED) is 0.457. The highest BCUT2D eigenvalue weighted by Gasteiger charge is 2.21. The molecule has 0 unspecified atom stereocenters. The van der Waals surface area contributed by atoms with Crippen LogP contribution in [-0.2, 0) is 4.74 Å². The molecule has 29 heavy (non-hydrogen) atoms. The molecular weight excluding hydrogens is 364 g/mol. The molecule has 0 N–H and O–H groups in total. The van der Waals surface area contributed by atoms with Gasteiger partial charge in [0.2, 0.25) is 5.78 Å². The Balaban J connectivity index is 1.75. The van der Waals surface area contributed by atoms with Crippen LogP contribution in [0.5, 0.6) is 0 Å². The number of hydrogen-bond donors (Lipinski definition) is 0. The lowest BCUT2D eigenvalue weighted by Gasteiger charge is -2.19. The number of ketones is 1. The maximum absolute atomic E-state index is 12.7. The summed E-state index contributed by atoms with van der Waals surface area (Å²) in [5.74, 6) is -0.878. The summed E-state index contributed by atoms with van der Waals surface area (Å²) in [5, 5.41) is 8.94. The molecule has 0 aliphatic heterocycles. The van der Waals surface area contributed by atoms with E-state index in [1.807, 2.05) is 44.2 Å². The van der Waals surface area contributed by atoms with Crippen molar-refractivity contribution in [1.29, 1.82) is 5.26 Å². The van der Waals surface area contributed by atoms with E-state index in [0.29, 0.717) is 11.1 Å². The van der Waals surface area contributed by atoms with E-state index in [4.69, 9.17) is 10.00 Å². The number of ether oxygens (including phenoxy) is 1. The van der Waals surface area contributed by atoms with E-state index in [9.17, 15) is 9.59 Å². The molecule has 0 aliphatic rings. The number of rotatable bonds is 6. The van der Waals surface area contributed by atoms with Gasteiger partial charge in [0.25, 0.3) is 0 Å². The Morgan fingerprint density at radius 1 is 1.07 bits per heavy atom. The smallest absolute Gasteiger partial charge is 0.338 e. The molecule has 0 saturated carbocycles. The predicted octanol–water partition coefficient (Wildman–Crippen LogP) is 4.63. The molecule has 1 aromatic heterocycles. The van der Waals surface area contributed by atoms with Gasteiger partial charge in [0.1, 0.15) is 0 Å². The molecule has 0 fully saturated rings. The van der Waals surface area contributed by atoms with Crippen molar-refractivity contribution < 1.29 is 14.3 Å². The van der Waals surface area contributed by atoms with Crippen LogP contribution in [0, 0.1) is 25.2 Å². The van der Waals surface area contributed by atoms with E-state index in [1.165, 1.54) is 6.07 Å². The molecule has 5 nitrogen and oxygen atoms in total. The zero-order valence-electron chi connectivity index (χ0n) is 16.7. The number of carbonyl (C=O) groups excluding carboxylic acids is 2. The van der Waals surface area contributed by atoms with Crippen molar-refractivity contribution in [3.63, 3.8) is 0 Å². The zero-order valence-corrected chi connectivity index (χ0v) is 16.7. The van der Waals surface area contributed by atoms with Crippen molar-refractivity contribution >= 4 is 11.8 Å². The van der Waals surface area contributed by atoms with Crippen molar-refractivity contribution in [3.05, 3.63) is 94.3 Å². The highest BCUT2D eigenvalue weighted by Crippen LogP contribution is 2.25. The number of aryl methyl sites for hydroxylation is 1. The van der Waals surface area contributed by atoms with E-state index in [1.54, 1.807) is 18.2 Å². The molecule has 0 aliphatic carbocycles. The number of hydrogen-bond acceptors (Lipinski definition) is 4. The second kappa shape index (κ2) is 8.57. The summed E-state index contributed by atoms with van der Waals surface area (Å²) in [7, 11) is 0. The van der Waals surface area contributed by atoms with Crippen LogP contribution in [0.3, 0.4) is 0 Å². The molecule has 3 aromatic rings. The summed E-state index contributed by atoms with van der Waals surface area (Å²) in [6.45, 7) is 5.60. The fourth-order valence-electron chi connectivity index (χ4n) is 3.54. The van der Waals surface area contributed by atoms with Crippen molar-refractivity contribution in [1.82, 2.24) is 4.57 Å². The third-order valence-electron chi connectivity index (χ3n) is 5.02. The van der Waals surface area contributed by atoms with Crippen molar-refractivity contribution in [2.75, 3.05) is 6.61 Å². The van der Waals surface area contributed by atoms with Crippen LogP contribution in [0.25, 0.3) is 0 Å². The minimum Gasteiger partial charge on any atom is -0.454 e. The molecule has 0 radical (unpaired) electrons. The van der Waals surface area contributed by atoms with Gasteiger partial charge >= 0.3 is 5.97 Å². The molecule has 0 amide bonds. The highest BCUT2D eigenvalue weighted by atomic mass is 16.5. The summed E-state index contributed by atoms with van der Waals surface area (Å²) >= 11 is 0. The van der Waals surface area contributed by atoms with Gasteiger partial charge in [0.05, 0.1) is 23.2 Å². The van der Waals surface area contributed by atoms with Gasteiger partial charge in [0.15, 0.2) is 6.61 Å². The Labute approximate surface area is 170 Å². The molecule has 2 aromatic carbocycles. The van der Waals surface area contributed by atoms with Gasteiger partial charge in [-0.15, -0.1) is 0 Å². The second-order valence-corrected chi connectivity index (χ2v) is 6.93. The fourth-order valence-corrected chi connectivity index (χ4v) is 3.54. The number of benzene rings is 2. The standard InChI is InChI=1S/C24H22N2O3/c1-16-12-22(18(3)26(16)17(2)20-9-5-4-6-10-20)23(27)15-29-24(28)21-11-7-8-19(13-21)14-25/h4-13,17H,15H2,1-3H3/t17-/m0/s1. The summed E-state index contributed by atoms with van der Waals surface area (Å²) in [6, 6.07) is 20.2. The molecule has 0 bridgehead atoms. The van der Waals surface area contributed by atoms with Crippen LogP contribution in [0.15, 0.2) is 60.7 Å². The van der Waals surface area contributed by atoms with Gasteiger partial charge in [0, 0.05) is 17.0 Å². The minimum atomic E-state index is -0.623. The Hall–Kier alpha value is -3.65. The summed E-state index contributed by atoms with van der Waals surface area (Å²) in [6.07, 6.45) is 0. The molecule has 0 spiro atoms. The Morgan fingerprint density at radius 2 is 1.79 bits per heavy atom. The number of esters is 1. The molecule has 0 saturated heterocycles. The van der Waals surface area contributed by atoms with E-state index < -0.39 is 5.97 Å². The predicted molar refractivity (Wildman–Crippen MR) is 110 cm³/mol. The Kier molecular flexibility index (Phi) is 5.94. The lowest BCUT2D eigenvalue weighted by Crippen LogP contribution is -2.16. The van der Waals surface area contributed by atoms with Gasteiger partial charge in [-0.3, -0.25) is 4.79 Å². The maximum Gasteiger partial charge on any atom is 0.338 e. The number of aromatic nitrogens is 1. The Morgan fingerprint density at radius 3 is 2.48 bits per heavy atom. The average Bonchev–Trinajstić information content (AvgIpc) is 3.05. The van der Waals surface area contributed by atoms with Gasteiger partial charge in [-0.05, 0) is 50.6 Å². The first kappa shape index (κ1) is 20.1. The molecule has 1 heterocycles. The third kappa shape index (κ3) is 4.27. The number of nitrogens with zero attached hydrogens (tertiary/aromatic N) is 2. The molecule has 5 heteroatoms. The zero-order chi connectivity index (χ0) is 21.0. The monoisotopic (exact) mass is 386 g/mol. The Bertz CT molecular complexity index is 1090. The second-order valence-electron chi connectivity index (χ2n) is 6.93. The van der Waals surface area contributed by atoms with Crippen LogP contribution in [0.1, 0.15) is 56.2 Å². The van der Waals surface area contributed by atoms with E-state index in [0.717, 1.165) is 17.0 Å². The topological polar surface area (TPSA) is 72.1 Å². The van der Waals surface area contributed by atoms with Crippen LogP contribution >= 0.6 is 0 Å². The van der Waals surface area contributed by atoms with Crippen LogP contribution in [0.2, 0.25) is 0 Å².